The van der Waals surface area contributed by atoms with E-state index in [9.17, 15) is 9.90 Å². The predicted molar refractivity (Wildman–Crippen MR) is 50.4 cm³/mol. The Kier molecular flexibility index (Phi) is 2.44. The molecule has 1 aliphatic heterocycles. The third-order valence-corrected chi connectivity index (χ3v) is 2.74. The molecule has 0 saturated carbocycles. The van der Waals surface area contributed by atoms with E-state index in [0.29, 0.717) is 18.6 Å². The van der Waals surface area contributed by atoms with E-state index in [0.717, 1.165) is 0 Å². The maximum atomic E-state index is 10.7. The van der Waals surface area contributed by atoms with E-state index in [2.05, 4.69) is 4.42 Å². The van der Waals surface area contributed by atoms with Gasteiger partial charge in [-0.25, -0.2) is 4.79 Å². The Morgan fingerprint density at radius 3 is 2.73 bits per heavy atom. The van der Waals surface area contributed by atoms with Gasteiger partial charge in [-0.1, -0.05) is 0 Å². The number of hydrogen-bond donors (Lipinski definition) is 1. The quantitative estimate of drug-likeness (QED) is 0.761. The zero-order valence-corrected chi connectivity index (χ0v) is 8.73. The summed E-state index contributed by atoms with van der Waals surface area (Å²) >= 11 is 0. The molecule has 2 rings (SSSR count). The number of aliphatic hydroxyl groups is 1. The zero-order valence-electron chi connectivity index (χ0n) is 8.73. The van der Waals surface area contributed by atoms with Crippen LogP contribution >= 0.6 is 0 Å². The lowest BCUT2D eigenvalue weighted by Crippen LogP contribution is -2.43. The van der Waals surface area contributed by atoms with E-state index in [4.69, 9.17) is 9.15 Å². The number of hydrogen-bond acceptors (Lipinski definition) is 5. The summed E-state index contributed by atoms with van der Waals surface area (Å²) in [6.45, 7) is 3.62. The first-order valence-corrected chi connectivity index (χ1v) is 4.93. The van der Waals surface area contributed by atoms with Crippen molar-refractivity contribution >= 4 is 0 Å². The predicted octanol–water partition coefficient (Wildman–Crippen LogP) is 1.22. The molecule has 1 aromatic rings. The maximum Gasteiger partial charge on any atom is 0.518 e. The zero-order chi connectivity index (χ0) is 11.1. The summed E-state index contributed by atoms with van der Waals surface area (Å²) in [6, 6.07) is 0. The molecule has 5 nitrogen and oxygen atoms in total. The summed E-state index contributed by atoms with van der Waals surface area (Å²) in [5.41, 5.74) is -0.626. The van der Waals surface area contributed by atoms with Gasteiger partial charge in [0.05, 0.1) is 11.7 Å². The summed E-state index contributed by atoms with van der Waals surface area (Å²) in [7, 11) is 0. The Balaban J connectivity index is 2.16. The summed E-state index contributed by atoms with van der Waals surface area (Å²) in [4.78, 5) is 10.7. The van der Waals surface area contributed by atoms with Crippen LogP contribution in [0.3, 0.4) is 0 Å². The van der Waals surface area contributed by atoms with Crippen LogP contribution < -0.4 is 5.82 Å². The van der Waals surface area contributed by atoms with Crippen molar-refractivity contribution in [1.82, 2.24) is 0 Å². The Labute approximate surface area is 86.6 Å². The molecule has 0 spiro atoms. The smallest absolute Gasteiger partial charge is 0.399 e. The summed E-state index contributed by atoms with van der Waals surface area (Å²) in [5.74, 6) is -0.336. The Bertz CT molecular complexity index is 389. The molecule has 0 bridgehead atoms. The van der Waals surface area contributed by atoms with Gasteiger partial charge in [0.25, 0.3) is 0 Å². The molecule has 15 heavy (non-hydrogen) atoms. The van der Waals surface area contributed by atoms with Crippen LogP contribution in [0.5, 0.6) is 0 Å². The fourth-order valence-corrected chi connectivity index (χ4v) is 1.75. The lowest BCUT2D eigenvalue weighted by Gasteiger charge is -2.38. The lowest BCUT2D eigenvalue weighted by atomic mass is 9.91. The van der Waals surface area contributed by atoms with Crippen molar-refractivity contribution < 1.29 is 18.7 Å². The first-order chi connectivity index (χ1) is 6.99. The third-order valence-electron chi connectivity index (χ3n) is 2.74. The topological polar surface area (TPSA) is 72.8 Å². The van der Waals surface area contributed by atoms with Gasteiger partial charge in [-0.2, -0.15) is 0 Å². The highest BCUT2D eigenvalue weighted by Crippen LogP contribution is 2.36. The first-order valence-electron chi connectivity index (χ1n) is 4.93. The normalized spacial score (nSPS) is 30.3. The molecular formula is C10H14O5. The van der Waals surface area contributed by atoms with Gasteiger partial charge in [-0.05, 0) is 26.7 Å². The highest BCUT2D eigenvalue weighted by molar-refractivity contribution is 4.97. The Hall–Kier alpha value is -1.07. The van der Waals surface area contributed by atoms with Crippen LogP contribution in [0, 0.1) is 0 Å². The van der Waals surface area contributed by atoms with Crippen molar-refractivity contribution in [2.75, 3.05) is 0 Å². The summed E-state index contributed by atoms with van der Waals surface area (Å²) in [6.07, 6.45) is 1.70. The van der Waals surface area contributed by atoms with Crippen LogP contribution in [0.4, 0.5) is 0 Å². The molecule has 84 valence electrons. The highest BCUT2D eigenvalue weighted by Gasteiger charge is 2.38. The summed E-state index contributed by atoms with van der Waals surface area (Å²) < 4.78 is 15.0. The average Bonchev–Trinajstić information content (AvgIpc) is 2.57. The van der Waals surface area contributed by atoms with Crippen molar-refractivity contribution in [2.24, 2.45) is 0 Å². The second-order valence-corrected chi connectivity index (χ2v) is 4.29. The molecule has 2 atom stereocenters. The molecule has 2 heterocycles. The van der Waals surface area contributed by atoms with E-state index in [1.807, 2.05) is 13.8 Å². The van der Waals surface area contributed by atoms with E-state index >= 15 is 0 Å². The molecule has 1 aliphatic rings. The van der Waals surface area contributed by atoms with Crippen molar-refractivity contribution in [2.45, 2.75) is 44.5 Å². The first kappa shape index (κ1) is 10.4. The van der Waals surface area contributed by atoms with Crippen molar-refractivity contribution in [1.29, 1.82) is 0 Å². The Morgan fingerprint density at radius 2 is 2.20 bits per heavy atom. The molecule has 2 unspecified atom stereocenters. The van der Waals surface area contributed by atoms with Crippen LogP contribution in [0.25, 0.3) is 0 Å². The van der Waals surface area contributed by atoms with E-state index in [1.165, 1.54) is 6.26 Å². The van der Waals surface area contributed by atoms with Crippen molar-refractivity contribution in [3.05, 3.63) is 22.6 Å². The van der Waals surface area contributed by atoms with Crippen molar-refractivity contribution in [3.8, 4) is 0 Å². The fourth-order valence-electron chi connectivity index (χ4n) is 1.75. The van der Waals surface area contributed by atoms with Gasteiger partial charge in [-0.15, -0.1) is 0 Å². The molecular weight excluding hydrogens is 200 g/mol. The molecule has 1 saturated heterocycles. The second-order valence-electron chi connectivity index (χ2n) is 4.29. The number of ether oxygens (including phenoxy) is 1. The highest BCUT2D eigenvalue weighted by atomic mass is 16.6. The second kappa shape index (κ2) is 3.50. The van der Waals surface area contributed by atoms with E-state index in [1.54, 1.807) is 0 Å². The van der Waals surface area contributed by atoms with Gasteiger partial charge in [0, 0.05) is 0 Å². The number of aliphatic hydroxyl groups excluding tert-OH is 1. The van der Waals surface area contributed by atoms with Crippen LogP contribution in [0.15, 0.2) is 19.9 Å². The summed E-state index contributed by atoms with van der Waals surface area (Å²) in [5, 5.41) is 9.67. The van der Waals surface area contributed by atoms with Gasteiger partial charge in [0.2, 0.25) is 0 Å². The van der Waals surface area contributed by atoms with Gasteiger partial charge in [0.15, 0.2) is 5.76 Å². The molecule has 1 aromatic heterocycles. The van der Waals surface area contributed by atoms with E-state index < -0.39 is 17.5 Å². The van der Waals surface area contributed by atoms with Gasteiger partial charge in [0.1, 0.15) is 12.4 Å². The minimum atomic E-state index is -0.725. The molecule has 1 N–H and O–H groups in total. The standard InChI is InChI=1S/C10H14O5/c1-10(2)8(11)4-3-6(15-10)7-5-13-9(12)14-7/h5-6,8,11H,3-4H2,1-2H3. The monoisotopic (exact) mass is 214 g/mol. The molecule has 0 aliphatic carbocycles. The molecule has 1 fully saturated rings. The van der Waals surface area contributed by atoms with Gasteiger partial charge < -0.3 is 18.7 Å². The molecule has 0 radical (unpaired) electrons. The molecule has 0 aromatic carbocycles. The number of rotatable bonds is 1. The van der Waals surface area contributed by atoms with E-state index in [-0.39, 0.29) is 6.10 Å². The van der Waals surface area contributed by atoms with Crippen LogP contribution in [0.1, 0.15) is 38.6 Å². The van der Waals surface area contributed by atoms with Crippen LogP contribution in [-0.2, 0) is 4.74 Å². The van der Waals surface area contributed by atoms with Crippen LogP contribution in [-0.4, -0.2) is 16.8 Å². The molecule has 5 heteroatoms. The third kappa shape index (κ3) is 1.98. The molecule has 0 amide bonds. The minimum absolute atomic E-state index is 0.310. The lowest BCUT2D eigenvalue weighted by molar-refractivity contribution is -0.177. The van der Waals surface area contributed by atoms with Gasteiger partial charge in [-0.3, -0.25) is 0 Å². The fraction of sp³-hybridized carbons (Fsp3) is 0.700. The minimum Gasteiger partial charge on any atom is -0.399 e. The SMILES string of the molecule is CC1(C)OC(c2coc(=O)o2)CCC1O. The van der Waals surface area contributed by atoms with Crippen molar-refractivity contribution in [3.63, 3.8) is 0 Å². The Morgan fingerprint density at radius 1 is 1.47 bits per heavy atom. The van der Waals surface area contributed by atoms with Crippen LogP contribution in [0.2, 0.25) is 0 Å². The largest absolute Gasteiger partial charge is 0.518 e. The van der Waals surface area contributed by atoms with Gasteiger partial charge >= 0.3 is 5.82 Å². The maximum absolute atomic E-state index is 10.7. The average molecular weight is 214 g/mol.